The summed E-state index contributed by atoms with van der Waals surface area (Å²) >= 11 is 12.2. The number of aliphatic carboxylic acids is 1. The highest BCUT2D eigenvalue weighted by molar-refractivity contribution is 6.35. The number of hydrogen-bond donors (Lipinski definition) is 2. The van der Waals surface area contributed by atoms with Crippen LogP contribution in [0.3, 0.4) is 0 Å². The number of rotatable bonds is 7. The average Bonchev–Trinajstić information content (AvgIpc) is 3.28. The molecule has 3 rings (SSSR count). The highest BCUT2D eigenvalue weighted by Crippen LogP contribution is 2.62. The fourth-order valence-corrected chi connectivity index (χ4v) is 4.53. The van der Waals surface area contributed by atoms with E-state index in [9.17, 15) is 19.5 Å². The molecule has 4 atom stereocenters. The van der Waals surface area contributed by atoms with Gasteiger partial charge in [0.25, 0.3) is 0 Å². The molecule has 150 valence electrons. The smallest absolute Gasteiger partial charge is 0.408 e. The molecule has 1 aromatic carbocycles. The second-order valence-electron chi connectivity index (χ2n) is 6.85. The first-order valence-corrected chi connectivity index (χ1v) is 9.46. The number of amides is 1. The third kappa shape index (κ3) is 3.69. The molecule has 0 heterocycles. The van der Waals surface area contributed by atoms with Gasteiger partial charge >= 0.3 is 18.0 Å². The Bertz CT molecular complexity index is 808. The molecule has 28 heavy (non-hydrogen) atoms. The van der Waals surface area contributed by atoms with E-state index in [1.165, 1.54) is 6.08 Å². The van der Waals surface area contributed by atoms with Crippen LogP contribution in [0.15, 0.2) is 30.9 Å². The van der Waals surface area contributed by atoms with Gasteiger partial charge < -0.3 is 19.9 Å². The van der Waals surface area contributed by atoms with Crippen molar-refractivity contribution in [2.45, 2.75) is 25.0 Å². The van der Waals surface area contributed by atoms with Crippen LogP contribution >= 0.6 is 23.2 Å². The summed E-state index contributed by atoms with van der Waals surface area (Å²) in [6.45, 7) is 3.22. The second-order valence-corrected chi connectivity index (χ2v) is 7.67. The minimum atomic E-state index is -1.46. The summed E-state index contributed by atoms with van der Waals surface area (Å²) in [5.41, 5.74) is -1.02. The predicted octanol–water partition coefficient (Wildman–Crippen LogP) is 3.43. The van der Waals surface area contributed by atoms with Gasteiger partial charge in [0.15, 0.2) is 0 Å². The Morgan fingerprint density at radius 1 is 1.29 bits per heavy atom. The van der Waals surface area contributed by atoms with Crippen LogP contribution in [0.4, 0.5) is 4.79 Å². The molecule has 2 N–H and O–H groups in total. The molecule has 2 saturated carbocycles. The van der Waals surface area contributed by atoms with E-state index in [4.69, 9.17) is 32.7 Å². The lowest BCUT2D eigenvalue weighted by molar-refractivity contribution is -0.154. The van der Waals surface area contributed by atoms with E-state index >= 15 is 0 Å². The van der Waals surface area contributed by atoms with Crippen LogP contribution in [0.2, 0.25) is 10.0 Å². The molecule has 7 nitrogen and oxygen atoms in total. The number of nitrogens with one attached hydrogen (secondary N) is 1. The van der Waals surface area contributed by atoms with E-state index in [-0.39, 0.29) is 25.6 Å². The SMILES string of the molecule is C=CCOC(=O)N[C@@]1(C(=O)OCc2c(Cl)cccc2Cl)CC[C@H]2[C@H](C(=O)O)[C@H]21. The third-order valence-electron chi connectivity index (χ3n) is 5.33. The Labute approximate surface area is 171 Å². The minimum absolute atomic E-state index is 0.0390. The first-order chi connectivity index (χ1) is 13.3. The zero-order valence-corrected chi connectivity index (χ0v) is 16.3. The van der Waals surface area contributed by atoms with Gasteiger partial charge in [-0.05, 0) is 30.9 Å². The van der Waals surface area contributed by atoms with Crippen molar-refractivity contribution in [2.24, 2.45) is 17.8 Å². The molecule has 0 unspecified atom stereocenters. The zero-order chi connectivity index (χ0) is 20.5. The van der Waals surface area contributed by atoms with Crippen LogP contribution in [-0.4, -0.2) is 35.3 Å². The number of carbonyl (C=O) groups excluding carboxylic acids is 2. The van der Waals surface area contributed by atoms with E-state index in [1.807, 2.05) is 0 Å². The standard InChI is InChI=1S/C19H19Cl2NO6/c1-2-8-27-18(26)22-19(7-6-10-14(15(10)19)16(23)24)17(25)28-9-11-12(20)4-3-5-13(11)21/h2-5,10,14-15H,1,6-9H2,(H,22,26)(H,23,24)/t10-,14-,15-,19-/m0/s1. The number of carboxylic acid groups (broad SMARTS) is 1. The Kier molecular flexibility index (Phi) is 5.86. The molecule has 2 aliphatic rings. The summed E-state index contributed by atoms with van der Waals surface area (Å²) in [6, 6.07) is 4.90. The molecular weight excluding hydrogens is 409 g/mol. The molecule has 0 aliphatic heterocycles. The molecular formula is C19H19Cl2NO6. The molecule has 0 spiro atoms. The van der Waals surface area contributed by atoms with E-state index in [2.05, 4.69) is 11.9 Å². The summed E-state index contributed by atoms with van der Waals surface area (Å²) in [4.78, 5) is 36.6. The summed E-state index contributed by atoms with van der Waals surface area (Å²) in [6.07, 6.45) is 1.32. The van der Waals surface area contributed by atoms with Crippen LogP contribution in [0, 0.1) is 17.8 Å². The molecule has 2 aliphatic carbocycles. The number of carbonyl (C=O) groups is 3. The van der Waals surface area contributed by atoms with Crippen molar-refractivity contribution in [1.82, 2.24) is 5.32 Å². The molecule has 9 heteroatoms. The molecule has 0 aromatic heterocycles. The number of ether oxygens (including phenoxy) is 2. The number of alkyl carbamates (subject to hydrolysis) is 1. The van der Waals surface area contributed by atoms with Gasteiger partial charge in [-0.2, -0.15) is 0 Å². The highest BCUT2D eigenvalue weighted by Gasteiger charge is 2.72. The van der Waals surface area contributed by atoms with Crippen molar-refractivity contribution in [1.29, 1.82) is 0 Å². The number of fused-ring (bicyclic) bond motifs is 1. The van der Waals surface area contributed by atoms with Gasteiger partial charge in [0, 0.05) is 21.5 Å². The van der Waals surface area contributed by atoms with E-state index < -0.39 is 35.4 Å². The van der Waals surface area contributed by atoms with Crippen molar-refractivity contribution in [3.05, 3.63) is 46.5 Å². The van der Waals surface area contributed by atoms with Gasteiger partial charge in [-0.25, -0.2) is 9.59 Å². The maximum atomic E-state index is 13.0. The quantitative estimate of drug-likeness (QED) is 0.510. The molecule has 0 radical (unpaired) electrons. The van der Waals surface area contributed by atoms with Crippen LogP contribution < -0.4 is 5.32 Å². The Hall–Kier alpha value is -2.25. The van der Waals surface area contributed by atoms with Gasteiger partial charge in [-0.15, -0.1) is 0 Å². The number of halogens is 2. The Morgan fingerprint density at radius 2 is 1.96 bits per heavy atom. The van der Waals surface area contributed by atoms with Crippen molar-refractivity contribution in [3.63, 3.8) is 0 Å². The Morgan fingerprint density at radius 3 is 2.54 bits per heavy atom. The number of benzene rings is 1. The van der Waals surface area contributed by atoms with Gasteiger partial charge in [0.1, 0.15) is 18.8 Å². The van der Waals surface area contributed by atoms with Gasteiger partial charge in [0.05, 0.1) is 5.92 Å². The topological polar surface area (TPSA) is 102 Å². The lowest BCUT2D eigenvalue weighted by atomic mass is 9.90. The summed E-state index contributed by atoms with van der Waals surface area (Å²) in [5.74, 6) is -3.16. The maximum absolute atomic E-state index is 13.0. The van der Waals surface area contributed by atoms with Crippen molar-refractivity contribution in [2.75, 3.05) is 6.61 Å². The van der Waals surface area contributed by atoms with E-state index in [0.29, 0.717) is 22.0 Å². The van der Waals surface area contributed by atoms with Crippen molar-refractivity contribution in [3.8, 4) is 0 Å². The lowest BCUT2D eigenvalue weighted by Gasteiger charge is -2.30. The monoisotopic (exact) mass is 427 g/mol. The van der Waals surface area contributed by atoms with Crippen molar-refractivity contribution >= 4 is 41.2 Å². The normalized spacial score (nSPS) is 27.4. The number of hydrogen-bond acceptors (Lipinski definition) is 5. The fourth-order valence-electron chi connectivity index (χ4n) is 4.03. The molecule has 0 saturated heterocycles. The van der Waals surface area contributed by atoms with Gasteiger partial charge in [0.2, 0.25) is 0 Å². The summed E-state index contributed by atoms with van der Waals surface area (Å²) < 4.78 is 10.3. The van der Waals surface area contributed by atoms with E-state index in [1.54, 1.807) is 18.2 Å². The predicted molar refractivity (Wildman–Crippen MR) is 101 cm³/mol. The average molecular weight is 428 g/mol. The van der Waals surface area contributed by atoms with Crippen LogP contribution in [0.1, 0.15) is 18.4 Å². The molecule has 0 bridgehead atoms. The molecule has 1 aromatic rings. The molecule has 2 fully saturated rings. The van der Waals surface area contributed by atoms with Gasteiger partial charge in [-0.3, -0.25) is 4.79 Å². The fraction of sp³-hybridized carbons (Fsp3) is 0.421. The molecule has 1 amide bonds. The van der Waals surface area contributed by atoms with E-state index in [0.717, 1.165) is 0 Å². The third-order valence-corrected chi connectivity index (χ3v) is 6.03. The second kappa shape index (κ2) is 8.01. The minimum Gasteiger partial charge on any atom is -0.481 e. The first-order valence-electron chi connectivity index (χ1n) is 8.70. The van der Waals surface area contributed by atoms with Crippen LogP contribution in [-0.2, 0) is 25.7 Å². The Balaban J connectivity index is 1.79. The highest BCUT2D eigenvalue weighted by atomic mass is 35.5. The number of esters is 1. The summed E-state index contributed by atoms with van der Waals surface area (Å²) in [5, 5.41) is 12.6. The maximum Gasteiger partial charge on any atom is 0.408 e. The van der Waals surface area contributed by atoms with Crippen molar-refractivity contribution < 1.29 is 29.0 Å². The van der Waals surface area contributed by atoms with Gasteiger partial charge in [-0.1, -0.05) is 41.9 Å². The zero-order valence-electron chi connectivity index (χ0n) is 14.8. The lowest BCUT2D eigenvalue weighted by Crippen LogP contribution is -2.56. The van der Waals surface area contributed by atoms with Crippen LogP contribution in [0.5, 0.6) is 0 Å². The largest absolute Gasteiger partial charge is 0.481 e. The van der Waals surface area contributed by atoms with Crippen LogP contribution in [0.25, 0.3) is 0 Å². The number of carboxylic acids is 1. The first kappa shape index (κ1) is 20.5. The summed E-state index contributed by atoms with van der Waals surface area (Å²) in [7, 11) is 0.